The van der Waals surface area contributed by atoms with Gasteiger partial charge in [-0.05, 0) is 50.6 Å². The van der Waals surface area contributed by atoms with E-state index in [0.717, 1.165) is 6.42 Å². The second-order valence-electron chi connectivity index (χ2n) is 6.91. The van der Waals surface area contributed by atoms with Crippen LogP contribution in [0.15, 0.2) is 103 Å². The molecule has 0 radical (unpaired) electrons. The molecule has 0 saturated heterocycles. The van der Waals surface area contributed by atoms with Crippen LogP contribution in [0.5, 0.6) is 0 Å². The average molecular weight is 344 g/mol. The third-order valence-electron chi connectivity index (χ3n) is 5.32. The van der Waals surface area contributed by atoms with E-state index in [-0.39, 0.29) is 0 Å². The van der Waals surface area contributed by atoms with Gasteiger partial charge in [0, 0.05) is 0 Å². The molecule has 0 fully saturated rings. The molecule has 0 atom stereocenters. The first-order valence-corrected chi connectivity index (χ1v) is 9.45. The number of benzene rings is 4. The van der Waals surface area contributed by atoms with E-state index in [2.05, 4.69) is 109 Å². The van der Waals surface area contributed by atoms with Gasteiger partial charge in [0.2, 0.25) is 0 Å². The maximum absolute atomic E-state index is 2.28. The zero-order chi connectivity index (χ0) is 18.1. The molecule has 0 heteroatoms. The molecule has 0 aromatic heterocycles. The molecule has 0 nitrogen and oxygen atoms in total. The van der Waals surface area contributed by atoms with Crippen LogP contribution >= 0.6 is 0 Å². The second kappa shape index (κ2) is 6.74. The maximum Gasteiger partial charge on any atom is -0.00206 e. The highest BCUT2D eigenvalue weighted by Crippen LogP contribution is 2.44. The van der Waals surface area contributed by atoms with Gasteiger partial charge in [-0.3, -0.25) is 0 Å². The van der Waals surface area contributed by atoms with E-state index in [1.807, 2.05) is 0 Å². The van der Waals surface area contributed by atoms with Crippen molar-refractivity contribution in [2.24, 2.45) is 0 Å². The highest BCUT2D eigenvalue weighted by molar-refractivity contribution is 6.09. The van der Waals surface area contributed by atoms with Gasteiger partial charge in [-0.2, -0.15) is 0 Å². The van der Waals surface area contributed by atoms with Crippen LogP contribution in [-0.2, 0) is 6.42 Å². The number of hydrogen-bond acceptors (Lipinski definition) is 0. The van der Waals surface area contributed by atoms with E-state index in [1.165, 1.54) is 44.2 Å². The summed E-state index contributed by atoms with van der Waals surface area (Å²) in [6.45, 7) is 0. The summed E-state index contributed by atoms with van der Waals surface area (Å²) in [6.07, 6.45) is 9.82. The lowest BCUT2D eigenvalue weighted by Crippen LogP contribution is -1.98. The molecule has 0 saturated carbocycles. The van der Waals surface area contributed by atoms with Gasteiger partial charge in [0.15, 0.2) is 0 Å². The van der Waals surface area contributed by atoms with E-state index in [0.29, 0.717) is 0 Å². The summed E-state index contributed by atoms with van der Waals surface area (Å²) < 4.78 is 0. The molecular weight excluding hydrogens is 324 g/mol. The lowest BCUT2D eigenvalue weighted by Gasteiger charge is -2.21. The Bertz CT molecular complexity index is 1160. The fourth-order valence-corrected chi connectivity index (χ4v) is 4.16. The summed E-state index contributed by atoms with van der Waals surface area (Å²) in [6, 6.07) is 30.4. The number of rotatable bonds is 2. The summed E-state index contributed by atoms with van der Waals surface area (Å²) in [5.74, 6) is 0. The highest BCUT2D eigenvalue weighted by Gasteiger charge is 2.20. The lowest BCUT2D eigenvalue weighted by atomic mass is 9.82. The fraction of sp³-hybridized carbons (Fsp3) is 0.0370. The molecule has 0 aliphatic heterocycles. The Balaban J connectivity index is 2.00. The summed E-state index contributed by atoms with van der Waals surface area (Å²) in [4.78, 5) is 0. The SMILES string of the molecule is C1=CCc2c(c(-c3ccccc3)c(-c3ccccc3)c3ccccc23)C=C1. The Kier molecular flexibility index (Phi) is 3.95. The average Bonchev–Trinajstić information content (AvgIpc) is 3.00. The monoisotopic (exact) mass is 344 g/mol. The molecule has 0 spiro atoms. The molecule has 4 aromatic carbocycles. The van der Waals surface area contributed by atoms with Crippen LogP contribution in [0.1, 0.15) is 11.1 Å². The van der Waals surface area contributed by atoms with Gasteiger partial charge in [-0.25, -0.2) is 0 Å². The minimum Gasteiger partial charge on any atom is -0.0801 e. The summed E-state index contributed by atoms with van der Waals surface area (Å²) in [7, 11) is 0. The minimum atomic E-state index is 0.956. The standard InChI is InChI=1S/C27H20/c1-4-12-20(13-5-1)26-24-18-9-3-8-16-22(24)23-17-10-11-19-25(23)27(26)21-14-6-2-7-15-21/h1-15,17-19H,16H2. The van der Waals surface area contributed by atoms with Crippen molar-refractivity contribution in [3.05, 3.63) is 114 Å². The zero-order valence-corrected chi connectivity index (χ0v) is 15.1. The summed E-state index contributed by atoms with van der Waals surface area (Å²) in [5, 5.41) is 2.67. The zero-order valence-electron chi connectivity index (χ0n) is 15.1. The molecular formula is C27H20. The van der Waals surface area contributed by atoms with Gasteiger partial charge in [0.1, 0.15) is 0 Å². The van der Waals surface area contributed by atoms with Crippen LogP contribution in [-0.4, -0.2) is 0 Å². The smallest absolute Gasteiger partial charge is 0.00206 e. The molecule has 128 valence electrons. The molecule has 1 aliphatic carbocycles. The Labute approximate surface area is 160 Å². The summed E-state index contributed by atoms with van der Waals surface area (Å²) >= 11 is 0. The molecule has 0 N–H and O–H groups in total. The second-order valence-corrected chi connectivity index (χ2v) is 6.91. The van der Waals surface area contributed by atoms with Crippen molar-refractivity contribution < 1.29 is 0 Å². The normalized spacial score (nSPS) is 12.7. The van der Waals surface area contributed by atoms with E-state index >= 15 is 0 Å². The van der Waals surface area contributed by atoms with Crippen LogP contribution in [0.4, 0.5) is 0 Å². The first kappa shape index (κ1) is 15.8. The molecule has 4 aromatic rings. The van der Waals surface area contributed by atoms with E-state index in [1.54, 1.807) is 0 Å². The Morgan fingerprint density at radius 3 is 1.81 bits per heavy atom. The van der Waals surface area contributed by atoms with Crippen molar-refractivity contribution >= 4 is 16.8 Å². The number of fused-ring (bicyclic) bond motifs is 3. The van der Waals surface area contributed by atoms with Crippen molar-refractivity contribution in [1.82, 2.24) is 0 Å². The van der Waals surface area contributed by atoms with Crippen LogP contribution in [0.25, 0.3) is 39.1 Å². The molecule has 0 amide bonds. The third-order valence-corrected chi connectivity index (χ3v) is 5.32. The predicted molar refractivity (Wildman–Crippen MR) is 117 cm³/mol. The van der Waals surface area contributed by atoms with Gasteiger partial charge < -0.3 is 0 Å². The number of allylic oxidation sites excluding steroid dienone is 3. The molecule has 5 rings (SSSR count). The summed E-state index contributed by atoms with van der Waals surface area (Å²) in [5.41, 5.74) is 7.93. The topological polar surface area (TPSA) is 0 Å². The van der Waals surface area contributed by atoms with Crippen molar-refractivity contribution in [3.63, 3.8) is 0 Å². The highest BCUT2D eigenvalue weighted by atomic mass is 14.2. The first-order chi connectivity index (χ1) is 13.4. The Hall–Kier alpha value is -3.38. The number of hydrogen-bond donors (Lipinski definition) is 0. The molecule has 0 bridgehead atoms. The van der Waals surface area contributed by atoms with Crippen molar-refractivity contribution in [2.45, 2.75) is 6.42 Å². The van der Waals surface area contributed by atoms with Gasteiger partial charge in [0.25, 0.3) is 0 Å². The molecule has 1 aliphatic rings. The minimum absolute atomic E-state index is 0.956. The Morgan fingerprint density at radius 2 is 1.11 bits per heavy atom. The molecule has 0 heterocycles. The maximum atomic E-state index is 2.28. The van der Waals surface area contributed by atoms with E-state index < -0.39 is 0 Å². The molecule has 27 heavy (non-hydrogen) atoms. The molecule has 0 unspecified atom stereocenters. The fourth-order valence-electron chi connectivity index (χ4n) is 4.16. The quantitative estimate of drug-likeness (QED) is 0.358. The van der Waals surface area contributed by atoms with Gasteiger partial charge in [-0.15, -0.1) is 0 Å². The van der Waals surface area contributed by atoms with E-state index in [9.17, 15) is 0 Å². The van der Waals surface area contributed by atoms with E-state index in [4.69, 9.17) is 0 Å². The largest absolute Gasteiger partial charge is 0.0801 e. The van der Waals surface area contributed by atoms with Gasteiger partial charge >= 0.3 is 0 Å². The lowest BCUT2D eigenvalue weighted by molar-refractivity contribution is 1.30. The van der Waals surface area contributed by atoms with Crippen LogP contribution in [0, 0.1) is 0 Å². The first-order valence-electron chi connectivity index (χ1n) is 9.45. The van der Waals surface area contributed by atoms with Crippen LogP contribution < -0.4 is 0 Å². The Morgan fingerprint density at radius 1 is 0.519 bits per heavy atom. The predicted octanol–water partition coefficient (Wildman–Crippen LogP) is 7.30. The van der Waals surface area contributed by atoms with Crippen molar-refractivity contribution in [3.8, 4) is 22.3 Å². The van der Waals surface area contributed by atoms with Crippen LogP contribution in [0.2, 0.25) is 0 Å². The van der Waals surface area contributed by atoms with Crippen molar-refractivity contribution in [1.29, 1.82) is 0 Å². The van der Waals surface area contributed by atoms with Crippen molar-refractivity contribution in [2.75, 3.05) is 0 Å². The third kappa shape index (κ3) is 2.71. The van der Waals surface area contributed by atoms with Gasteiger partial charge in [-0.1, -0.05) is 109 Å². The van der Waals surface area contributed by atoms with Gasteiger partial charge in [0.05, 0.1) is 0 Å². The van der Waals surface area contributed by atoms with Crippen LogP contribution in [0.3, 0.4) is 0 Å².